The second kappa shape index (κ2) is 5.79. The average molecular weight is 281 g/mol. The van der Waals surface area contributed by atoms with E-state index < -0.39 is 5.97 Å². The van der Waals surface area contributed by atoms with E-state index >= 15 is 0 Å². The molecule has 0 atom stereocenters. The fourth-order valence-corrected chi connectivity index (χ4v) is 2.57. The molecule has 0 amide bonds. The Labute approximate surface area is 112 Å². The molecular formula is C13H12FNO3S. The molecule has 0 saturated carbocycles. The van der Waals surface area contributed by atoms with E-state index in [2.05, 4.69) is 0 Å². The van der Waals surface area contributed by atoms with Crippen LogP contribution in [0.25, 0.3) is 11.3 Å². The Bertz CT molecular complexity index is 630. The fraction of sp³-hybridized carbons (Fsp3) is 0.231. The van der Waals surface area contributed by atoms with Gasteiger partial charge in [-0.05, 0) is 36.2 Å². The van der Waals surface area contributed by atoms with Gasteiger partial charge in [-0.25, -0.2) is 4.39 Å². The molecule has 1 heterocycles. The molecule has 0 radical (unpaired) electrons. The molecule has 0 bridgehead atoms. The third-order valence-electron chi connectivity index (χ3n) is 2.69. The molecule has 100 valence electrons. The summed E-state index contributed by atoms with van der Waals surface area (Å²) in [5, 5.41) is 10.3. The Morgan fingerprint density at radius 1 is 1.32 bits per heavy atom. The zero-order chi connectivity index (χ0) is 13.8. The van der Waals surface area contributed by atoms with E-state index in [1.165, 1.54) is 16.7 Å². The maximum atomic E-state index is 12.9. The van der Waals surface area contributed by atoms with Gasteiger partial charge in [0.25, 0.3) is 0 Å². The molecule has 1 aromatic heterocycles. The third-order valence-corrected chi connectivity index (χ3v) is 3.46. The molecule has 2 rings (SSSR count). The summed E-state index contributed by atoms with van der Waals surface area (Å²) in [5.41, 5.74) is 1.44. The van der Waals surface area contributed by atoms with Crippen LogP contribution in [0.15, 0.2) is 34.4 Å². The minimum atomic E-state index is -0.883. The van der Waals surface area contributed by atoms with E-state index in [1.54, 1.807) is 17.5 Å². The molecule has 1 aromatic carbocycles. The van der Waals surface area contributed by atoms with E-state index in [4.69, 9.17) is 5.11 Å². The van der Waals surface area contributed by atoms with Gasteiger partial charge in [-0.2, -0.15) is 0 Å². The Balaban J connectivity index is 2.24. The lowest BCUT2D eigenvalue weighted by Crippen LogP contribution is -2.15. The fourth-order valence-electron chi connectivity index (χ4n) is 1.78. The Hall–Kier alpha value is -1.95. The van der Waals surface area contributed by atoms with Crippen molar-refractivity contribution in [2.24, 2.45) is 0 Å². The Morgan fingerprint density at radius 2 is 2.00 bits per heavy atom. The molecule has 19 heavy (non-hydrogen) atoms. The number of halogens is 1. The van der Waals surface area contributed by atoms with Crippen molar-refractivity contribution < 1.29 is 14.3 Å². The quantitative estimate of drug-likeness (QED) is 0.916. The SMILES string of the molecule is O=C(O)CCCn1c(-c2ccc(F)cc2)csc1=O. The molecule has 0 unspecified atom stereocenters. The first kappa shape index (κ1) is 13.5. The first-order valence-electron chi connectivity index (χ1n) is 5.74. The molecular weight excluding hydrogens is 269 g/mol. The lowest BCUT2D eigenvalue weighted by Gasteiger charge is -2.06. The lowest BCUT2D eigenvalue weighted by molar-refractivity contribution is -0.137. The third kappa shape index (κ3) is 3.29. The second-order valence-electron chi connectivity index (χ2n) is 4.04. The summed E-state index contributed by atoms with van der Waals surface area (Å²) in [6.45, 7) is 0.349. The molecule has 4 nitrogen and oxygen atoms in total. The highest BCUT2D eigenvalue weighted by molar-refractivity contribution is 7.07. The smallest absolute Gasteiger partial charge is 0.307 e. The standard InChI is InChI=1S/C13H12FNO3S/c14-10-5-3-9(4-6-10)11-8-19-13(18)15(11)7-1-2-12(16)17/h3-6,8H,1-2,7H2,(H,16,17). The molecule has 0 aliphatic carbocycles. The summed E-state index contributed by atoms with van der Waals surface area (Å²) in [5.74, 6) is -1.22. The van der Waals surface area contributed by atoms with Gasteiger partial charge in [-0.1, -0.05) is 11.3 Å². The van der Waals surface area contributed by atoms with Crippen molar-refractivity contribution >= 4 is 17.3 Å². The monoisotopic (exact) mass is 281 g/mol. The Morgan fingerprint density at radius 3 is 2.63 bits per heavy atom. The number of rotatable bonds is 5. The van der Waals surface area contributed by atoms with Crippen molar-refractivity contribution in [1.82, 2.24) is 4.57 Å². The zero-order valence-electron chi connectivity index (χ0n) is 10.0. The first-order valence-corrected chi connectivity index (χ1v) is 6.62. The van der Waals surface area contributed by atoms with Gasteiger partial charge in [0.05, 0.1) is 5.69 Å². The van der Waals surface area contributed by atoms with Gasteiger partial charge >= 0.3 is 10.8 Å². The van der Waals surface area contributed by atoms with Crippen LogP contribution in [0.4, 0.5) is 4.39 Å². The highest BCUT2D eigenvalue weighted by Gasteiger charge is 2.09. The number of benzene rings is 1. The second-order valence-corrected chi connectivity index (χ2v) is 4.86. The molecule has 6 heteroatoms. The van der Waals surface area contributed by atoms with E-state index in [1.807, 2.05) is 0 Å². The number of carboxylic acid groups (broad SMARTS) is 1. The summed E-state index contributed by atoms with van der Waals surface area (Å²) in [6, 6.07) is 5.87. The number of aliphatic carboxylic acids is 1. The average Bonchev–Trinajstić information content (AvgIpc) is 2.72. The highest BCUT2D eigenvalue weighted by Crippen LogP contribution is 2.20. The van der Waals surface area contributed by atoms with Crippen LogP contribution >= 0.6 is 11.3 Å². The molecule has 2 aromatic rings. The van der Waals surface area contributed by atoms with E-state index in [9.17, 15) is 14.0 Å². The highest BCUT2D eigenvalue weighted by atomic mass is 32.1. The van der Waals surface area contributed by atoms with Crippen molar-refractivity contribution in [3.8, 4) is 11.3 Å². The largest absolute Gasteiger partial charge is 0.481 e. The summed E-state index contributed by atoms with van der Waals surface area (Å²) in [7, 11) is 0. The van der Waals surface area contributed by atoms with Crippen molar-refractivity contribution in [3.05, 3.63) is 45.1 Å². The Kier molecular flexibility index (Phi) is 4.11. The summed E-state index contributed by atoms with van der Waals surface area (Å²) in [6.07, 6.45) is 0.408. The topological polar surface area (TPSA) is 59.3 Å². The molecule has 0 aliphatic heterocycles. The molecule has 0 saturated heterocycles. The van der Waals surface area contributed by atoms with Gasteiger partial charge in [0.1, 0.15) is 5.82 Å². The van der Waals surface area contributed by atoms with Crippen molar-refractivity contribution in [1.29, 1.82) is 0 Å². The van der Waals surface area contributed by atoms with Gasteiger partial charge in [0, 0.05) is 18.3 Å². The minimum absolute atomic E-state index is 0.0190. The van der Waals surface area contributed by atoms with Crippen molar-refractivity contribution in [3.63, 3.8) is 0 Å². The maximum Gasteiger partial charge on any atom is 0.307 e. The van der Waals surface area contributed by atoms with Crippen LogP contribution in [0.1, 0.15) is 12.8 Å². The molecule has 0 spiro atoms. The van der Waals surface area contributed by atoms with Crippen LogP contribution in [-0.2, 0) is 11.3 Å². The summed E-state index contributed by atoms with van der Waals surface area (Å²) < 4.78 is 14.4. The molecule has 1 N–H and O–H groups in total. The zero-order valence-corrected chi connectivity index (χ0v) is 10.8. The van der Waals surface area contributed by atoms with E-state index in [0.29, 0.717) is 18.7 Å². The minimum Gasteiger partial charge on any atom is -0.481 e. The number of carbonyl (C=O) groups is 1. The van der Waals surface area contributed by atoms with Crippen molar-refractivity contribution in [2.45, 2.75) is 19.4 Å². The summed E-state index contributed by atoms with van der Waals surface area (Å²) >= 11 is 1.06. The predicted octanol–water partition coefficient (Wildman–Crippen LogP) is 2.58. The van der Waals surface area contributed by atoms with Crippen LogP contribution in [-0.4, -0.2) is 15.6 Å². The van der Waals surface area contributed by atoms with Crippen LogP contribution in [0.5, 0.6) is 0 Å². The number of aromatic nitrogens is 1. The number of hydrogen-bond donors (Lipinski definition) is 1. The van der Waals surface area contributed by atoms with Gasteiger partial charge < -0.3 is 5.11 Å². The van der Waals surface area contributed by atoms with Gasteiger partial charge in [-0.3, -0.25) is 14.2 Å². The predicted molar refractivity (Wildman–Crippen MR) is 70.8 cm³/mol. The lowest BCUT2D eigenvalue weighted by atomic mass is 10.1. The molecule has 0 aliphatic rings. The van der Waals surface area contributed by atoms with Gasteiger partial charge in [0.15, 0.2) is 0 Å². The normalized spacial score (nSPS) is 10.6. The van der Waals surface area contributed by atoms with Gasteiger partial charge in [-0.15, -0.1) is 0 Å². The van der Waals surface area contributed by atoms with Crippen molar-refractivity contribution in [2.75, 3.05) is 0 Å². The van der Waals surface area contributed by atoms with Crippen LogP contribution in [0.2, 0.25) is 0 Å². The number of nitrogens with zero attached hydrogens (tertiary/aromatic N) is 1. The maximum absolute atomic E-state index is 12.9. The summed E-state index contributed by atoms with van der Waals surface area (Å²) in [4.78, 5) is 22.1. The van der Waals surface area contributed by atoms with Crippen LogP contribution in [0.3, 0.4) is 0 Å². The molecule has 0 fully saturated rings. The number of hydrogen-bond acceptors (Lipinski definition) is 3. The number of thiazole rings is 1. The van der Waals surface area contributed by atoms with Crippen LogP contribution < -0.4 is 4.87 Å². The van der Waals surface area contributed by atoms with E-state index in [0.717, 1.165) is 16.9 Å². The van der Waals surface area contributed by atoms with Gasteiger partial charge in [0.2, 0.25) is 0 Å². The van der Waals surface area contributed by atoms with E-state index in [-0.39, 0.29) is 17.1 Å². The first-order chi connectivity index (χ1) is 9.08. The number of carboxylic acids is 1. The van der Waals surface area contributed by atoms with Crippen LogP contribution in [0, 0.1) is 5.82 Å².